The highest BCUT2D eigenvalue weighted by Crippen LogP contribution is 2.20. The van der Waals surface area contributed by atoms with Crippen LogP contribution in [0, 0.1) is 5.82 Å². The van der Waals surface area contributed by atoms with Crippen molar-refractivity contribution in [3.8, 4) is 11.5 Å². The van der Waals surface area contributed by atoms with E-state index in [0.29, 0.717) is 11.5 Å². The van der Waals surface area contributed by atoms with Crippen LogP contribution in [0.3, 0.4) is 0 Å². The van der Waals surface area contributed by atoms with E-state index in [4.69, 9.17) is 9.47 Å². The number of nitrogens with one attached hydrogen (secondary N) is 1. The Kier molecular flexibility index (Phi) is 5.57. The van der Waals surface area contributed by atoms with Crippen molar-refractivity contribution in [1.29, 1.82) is 0 Å². The molecule has 0 aromatic heterocycles. The molecule has 122 valence electrons. The molecule has 0 unspecified atom stereocenters. The molecule has 2 rings (SSSR count). The summed E-state index contributed by atoms with van der Waals surface area (Å²) in [4.78, 5) is 12.2. The van der Waals surface area contributed by atoms with Gasteiger partial charge in [0.25, 0.3) is 5.91 Å². The van der Waals surface area contributed by atoms with Crippen molar-refractivity contribution in [2.75, 3.05) is 7.11 Å². The van der Waals surface area contributed by atoms with Gasteiger partial charge in [-0.1, -0.05) is 18.2 Å². The number of amides is 1. The Hall–Kier alpha value is -2.56. The van der Waals surface area contributed by atoms with Crippen molar-refractivity contribution >= 4 is 5.91 Å². The van der Waals surface area contributed by atoms with E-state index in [1.807, 2.05) is 6.92 Å². The lowest BCUT2D eigenvalue weighted by Crippen LogP contribution is -2.37. The van der Waals surface area contributed by atoms with Crippen molar-refractivity contribution in [1.82, 2.24) is 5.32 Å². The number of benzene rings is 2. The van der Waals surface area contributed by atoms with Gasteiger partial charge in [-0.2, -0.15) is 0 Å². The Balaban J connectivity index is 1.95. The Bertz CT molecular complexity index is 658. The van der Waals surface area contributed by atoms with Gasteiger partial charge in [0, 0.05) is 6.07 Å². The van der Waals surface area contributed by atoms with Crippen molar-refractivity contribution < 1.29 is 18.7 Å². The number of ether oxygens (including phenoxy) is 2. The van der Waals surface area contributed by atoms with Crippen LogP contribution in [0.1, 0.15) is 25.5 Å². The van der Waals surface area contributed by atoms with Gasteiger partial charge in [0.15, 0.2) is 6.10 Å². The molecule has 0 heterocycles. The molecule has 1 amide bonds. The van der Waals surface area contributed by atoms with Gasteiger partial charge in [-0.3, -0.25) is 4.79 Å². The second-order valence-electron chi connectivity index (χ2n) is 5.22. The standard InChI is InChI=1S/C18H20FNO3/c1-12(14-7-9-15(19)10-8-14)20-18(21)13(2)23-17-6-4-5-16(11-17)22-3/h4-13H,1-3H3,(H,20,21)/t12-,13+/m0/s1. The normalized spacial score (nSPS) is 13.0. The highest BCUT2D eigenvalue weighted by molar-refractivity contribution is 5.81. The topological polar surface area (TPSA) is 47.6 Å². The van der Waals surface area contributed by atoms with E-state index in [0.717, 1.165) is 5.56 Å². The van der Waals surface area contributed by atoms with Gasteiger partial charge in [-0.05, 0) is 43.7 Å². The van der Waals surface area contributed by atoms with Crippen molar-refractivity contribution in [2.45, 2.75) is 26.0 Å². The first-order valence-electron chi connectivity index (χ1n) is 7.36. The molecule has 0 bridgehead atoms. The maximum Gasteiger partial charge on any atom is 0.261 e. The van der Waals surface area contributed by atoms with Crippen LogP contribution >= 0.6 is 0 Å². The van der Waals surface area contributed by atoms with Gasteiger partial charge in [0.1, 0.15) is 17.3 Å². The molecule has 0 fully saturated rings. The Morgan fingerprint density at radius 1 is 1.09 bits per heavy atom. The van der Waals surface area contributed by atoms with Crippen LogP contribution in [0.25, 0.3) is 0 Å². The zero-order valence-corrected chi connectivity index (χ0v) is 13.4. The summed E-state index contributed by atoms with van der Waals surface area (Å²) >= 11 is 0. The first-order valence-corrected chi connectivity index (χ1v) is 7.36. The van der Waals surface area contributed by atoms with Crippen molar-refractivity contribution in [3.05, 3.63) is 59.9 Å². The van der Waals surface area contributed by atoms with E-state index >= 15 is 0 Å². The minimum atomic E-state index is -0.662. The molecule has 0 radical (unpaired) electrons. The fraction of sp³-hybridized carbons (Fsp3) is 0.278. The first-order chi connectivity index (χ1) is 11.0. The molecular formula is C18H20FNO3. The SMILES string of the molecule is COc1cccc(O[C@H](C)C(=O)N[C@@H](C)c2ccc(F)cc2)c1. The highest BCUT2D eigenvalue weighted by Gasteiger charge is 2.18. The lowest BCUT2D eigenvalue weighted by molar-refractivity contribution is -0.127. The summed E-state index contributed by atoms with van der Waals surface area (Å²) in [5, 5.41) is 2.85. The predicted octanol–water partition coefficient (Wildman–Crippen LogP) is 3.48. The zero-order chi connectivity index (χ0) is 16.8. The number of carbonyl (C=O) groups is 1. The van der Waals surface area contributed by atoms with Crippen LogP contribution in [-0.2, 0) is 4.79 Å². The van der Waals surface area contributed by atoms with E-state index in [-0.39, 0.29) is 17.8 Å². The lowest BCUT2D eigenvalue weighted by atomic mass is 10.1. The smallest absolute Gasteiger partial charge is 0.261 e. The number of hydrogen-bond donors (Lipinski definition) is 1. The van der Waals surface area contributed by atoms with E-state index in [1.54, 1.807) is 50.4 Å². The fourth-order valence-corrected chi connectivity index (χ4v) is 2.10. The van der Waals surface area contributed by atoms with Gasteiger partial charge in [-0.25, -0.2) is 4.39 Å². The number of carbonyl (C=O) groups excluding carboxylic acids is 1. The number of methoxy groups -OCH3 is 1. The van der Waals surface area contributed by atoms with Crippen LogP contribution in [0.4, 0.5) is 4.39 Å². The number of rotatable bonds is 6. The second kappa shape index (κ2) is 7.63. The molecule has 23 heavy (non-hydrogen) atoms. The molecule has 0 aliphatic heterocycles. The van der Waals surface area contributed by atoms with Gasteiger partial charge in [-0.15, -0.1) is 0 Å². The molecule has 4 nitrogen and oxygen atoms in total. The molecule has 0 aliphatic rings. The molecular weight excluding hydrogens is 297 g/mol. The largest absolute Gasteiger partial charge is 0.497 e. The number of halogens is 1. The summed E-state index contributed by atoms with van der Waals surface area (Å²) in [7, 11) is 1.57. The average molecular weight is 317 g/mol. The monoisotopic (exact) mass is 317 g/mol. The molecule has 0 saturated heterocycles. The Labute approximate surface area is 135 Å². The summed E-state index contributed by atoms with van der Waals surface area (Å²) in [6.07, 6.45) is -0.662. The summed E-state index contributed by atoms with van der Waals surface area (Å²) in [5.41, 5.74) is 0.827. The Morgan fingerprint density at radius 2 is 1.74 bits per heavy atom. The molecule has 0 saturated carbocycles. The molecule has 2 aromatic rings. The first kappa shape index (κ1) is 16.8. The van der Waals surface area contributed by atoms with Gasteiger partial charge >= 0.3 is 0 Å². The number of hydrogen-bond acceptors (Lipinski definition) is 3. The maximum absolute atomic E-state index is 12.9. The van der Waals surface area contributed by atoms with Crippen LogP contribution in [0.5, 0.6) is 11.5 Å². The third-order valence-electron chi connectivity index (χ3n) is 3.45. The van der Waals surface area contributed by atoms with Crippen LogP contribution in [0.15, 0.2) is 48.5 Å². The van der Waals surface area contributed by atoms with E-state index in [9.17, 15) is 9.18 Å². The van der Waals surface area contributed by atoms with E-state index in [2.05, 4.69) is 5.32 Å². The molecule has 0 spiro atoms. The van der Waals surface area contributed by atoms with Gasteiger partial charge < -0.3 is 14.8 Å². The second-order valence-corrected chi connectivity index (χ2v) is 5.22. The minimum Gasteiger partial charge on any atom is -0.497 e. The van der Waals surface area contributed by atoms with Gasteiger partial charge in [0.05, 0.1) is 13.2 Å². The summed E-state index contributed by atoms with van der Waals surface area (Å²) in [6.45, 7) is 3.51. The van der Waals surface area contributed by atoms with Crippen LogP contribution in [-0.4, -0.2) is 19.1 Å². The van der Waals surface area contributed by atoms with E-state index < -0.39 is 6.10 Å². The average Bonchev–Trinajstić information content (AvgIpc) is 2.55. The summed E-state index contributed by atoms with van der Waals surface area (Å²) in [6, 6.07) is 12.9. The van der Waals surface area contributed by atoms with Crippen molar-refractivity contribution in [2.24, 2.45) is 0 Å². The summed E-state index contributed by atoms with van der Waals surface area (Å²) < 4.78 is 23.7. The third-order valence-corrected chi connectivity index (χ3v) is 3.45. The summed E-state index contributed by atoms with van der Waals surface area (Å²) in [5.74, 6) is 0.669. The molecule has 0 aliphatic carbocycles. The molecule has 1 N–H and O–H groups in total. The zero-order valence-electron chi connectivity index (χ0n) is 13.4. The van der Waals surface area contributed by atoms with Crippen LogP contribution in [0.2, 0.25) is 0 Å². The lowest BCUT2D eigenvalue weighted by Gasteiger charge is -2.19. The third kappa shape index (κ3) is 4.71. The Morgan fingerprint density at radius 3 is 2.39 bits per heavy atom. The molecule has 2 aromatic carbocycles. The van der Waals surface area contributed by atoms with E-state index in [1.165, 1.54) is 12.1 Å². The molecule has 2 atom stereocenters. The quantitative estimate of drug-likeness (QED) is 0.887. The fourth-order valence-electron chi connectivity index (χ4n) is 2.10. The highest BCUT2D eigenvalue weighted by atomic mass is 19.1. The van der Waals surface area contributed by atoms with Crippen LogP contribution < -0.4 is 14.8 Å². The molecule has 5 heteroatoms. The minimum absolute atomic E-state index is 0.237. The van der Waals surface area contributed by atoms with Gasteiger partial charge in [0.2, 0.25) is 0 Å². The van der Waals surface area contributed by atoms with Crippen molar-refractivity contribution in [3.63, 3.8) is 0 Å². The predicted molar refractivity (Wildman–Crippen MR) is 86.0 cm³/mol. The maximum atomic E-state index is 12.9.